The highest BCUT2D eigenvalue weighted by Gasteiger charge is 2.16. The predicted molar refractivity (Wildman–Crippen MR) is 79.7 cm³/mol. The Bertz CT molecular complexity index is 428. The monoisotopic (exact) mass is 276 g/mol. The zero-order chi connectivity index (χ0) is 14.2. The Morgan fingerprint density at radius 3 is 2.85 bits per heavy atom. The van der Waals surface area contributed by atoms with Crippen molar-refractivity contribution in [2.24, 2.45) is 0 Å². The third-order valence-electron chi connectivity index (χ3n) is 3.55. The number of nitrogens with one attached hydrogen (secondary N) is 1. The average Bonchev–Trinajstić information content (AvgIpc) is 2.52. The molecule has 1 N–H and O–H groups in total. The maximum atomic E-state index is 12.0. The molecule has 1 saturated heterocycles. The van der Waals surface area contributed by atoms with Crippen molar-refractivity contribution >= 4 is 5.91 Å². The first-order chi connectivity index (χ1) is 9.79. The Labute approximate surface area is 121 Å². The summed E-state index contributed by atoms with van der Waals surface area (Å²) < 4.78 is 5.62. The fourth-order valence-corrected chi connectivity index (χ4v) is 2.39. The Morgan fingerprint density at radius 1 is 1.30 bits per heavy atom. The van der Waals surface area contributed by atoms with Crippen LogP contribution in [-0.2, 0) is 11.3 Å². The van der Waals surface area contributed by atoms with E-state index >= 15 is 0 Å². The van der Waals surface area contributed by atoms with E-state index in [4.69, 9.17) is 4.74 Å². The Morgan fingerprint density at radius 2 is 2.10 bits per heavy atom. The molecule has 20 heavy (non-hydrogen) atoms. The van der Waals surface area contributed by atoms with Crippen LogP contribution >= 0.6 is 0 Å². The Balaban J connectivity index is 1.82. The van der Waals surface area contributed by atoms with Gasteiger partial charge >= 0.3 is 0 Å². The van der Waals surface area contributed by atoms with Gasteiger partial charge in [0.05, 0.1) is 0 Å². The number of carbonyl (C=O) groups is 1. The van der Waals surface area contributed by atoms with Crippen molar-refractivity contribution in [1.29, 1.82) is 0 Å². The van der Waals surface area contributed by atoms with E-state index in [0.717, 1.165) is 44.8 Å². The highest BCUT2D eigenvalue weighted by atomic mass is 16.5. The lowest BCUT2D eigenvalue weighted by molar-refractivity contribution is -0.134. The molecule has 0 atom stereocenters. The van der Waals surface area contributed by atoms with Crippen molar-refractivity contribution in [2.75, 3.05) is 26.2 Å². The third kappa shape index (κ3) is 4.53. The topological polar surface area (TPSA) is 41.6 Å². The number of hydrogen-bond acceptors (Lipinski definition) is 3. The number of piperidine rings is 1. The van der Waals surface area contributed by atoms with Crippen molar-refractivity contribution in [3.8, 4) is 5.75 Å². The standard InChI is InChI=1S/C16H24N2O2/c1-2-17-12-14-7-6-8-15(11-14)20-13-16(19)18-9-4-3-5-10-18/h6-8,11,17H,2-5,9-10,12-13H2,1H3. The molecule has 1 aromatic carbocycles. The van der Waals surface area contributed by atoms with Crippen LogP contribution in [0.1, 0.15) is 31.7 Å². The molecule has 1 amide bonds. The van der Waals surface area contributed by atoms with Gasteiger partial charge in [0.25, 0.3) is 5.91 Å². The van der Waals surface area contributed by atoms with Gasteiger partial charge < -0.3 is 15.0 Å². The summed E-state index contributed by atoms with van der Waals surface area (Å²) in [5.74, 6) is 0.868. The predicted octanol–water partition coefficient (Wildman–Crippen LogP) is 2.19. The van der Waals surface area contributed by atoms with Crippen molar-refractivity contribution in [3.05, 3.63) is 29.8 Å². The number of benzene rings is 1. The lowest BCUT2D eigenvalue weighted by Gasteiger charge is -2.26. The van der Waals surface area contributed by atoms with E-state index in [2.05, 4.69) is 18.3 Å². The lowest BCUT2D eigenvalue weighted by Crippen LogP contribution is -2.38. The molecule has 4 heteroatoms. The number of carbonyl (C=O) groups excluding carboxylic acids is 1. The quantitative estimate of drug-likeness (QED) is 0.866. The number of amides is 1. The van der Waals surface area contributed by atoms with Crippen LogP contribution in [0.3, 0.4) is 0 Å². The number of nitrogens with zero attached hydrogens (tertiary/aromatic N) is 1. The molecule has 2 rings (SSSR count). The van der Waals surface area contributed by atoms with Crippen LogP contribution in [0, 0.1) is 0 Å². The second-order valence-electron chi connectivity index (χ2n) is 5.16. The first-order valence-electron chi connectivity index (χ1n) is 7.50. The molecule has 1 heterocycles. The normalized spacial score (nSPS) is 15.2. The largest absolute Gasteiger partial charge is 0.484 e. The summed E-state index contributed by atoms with van der Waals surface area (Å²) in [6, 6.07) is 7.92. The molecule has 0 saturated carbocycles. The minimum atomic E-state index is 0.0989. The van der Waals surface area contributed by atoms with E-state index in [-0.39, 0.29) is 12.5 Å². The second-order valence-corrected chi connectivity index (χ2v) is 5.16. The van der Waals surface area contributed by atoms with Crippen LogP contribution in [0.25, 0.3) is 0 Å². The van der Waals surface area contributed by atoms with Crippen LogP contribution < -0.4 is 10.1 Å². The number of likely N-dealkylation sites (tertiary alicyclic amines) is 1. The van der Waals surface area contributed by atoms with Gasteiger partial charge in [-0.15, -0.1) is 0 Å². The van der Waals surface area contributed by atoms with Crippen LogP contribution in [0.4, 0.5) is 0 Å². The molecule has 4 nitrogen and oxygen atoms in total. The van der Waals surface area contributed by atoms with Crippen LogP contribution in [0.5, 0.6) is 5.75 Å². The number of rotatable bonds is 6. The van der Waals surface area contributed by atoms with Gasteiger partial charge in [-0.1, -0.05) is 19.1 Å². The minimum absolute atomic E-state index is 0.0989. The number of ether oxygens (including phenoxy) is 1. The highest BCUT2D eigenvalue weighted by molar-refractivity contribution is 5.77. The third-order valence-corrected chi connectivity index (χ3v) is 3.55. The van der Waals surface area contributed by atoms with E-state index in [1.54, 1.807) is 0 Å². The molecule has 0 radical (unpaired) electrons. The van der Waals surface area contributed by atoms with E-state index in [0.29, 0.717) is 0 Å². The molecule has 1 aliphatic heterocycles. The summed E-state index contributed by atoms with van der Waals surface area (Å²) in [6.07, 6.45) is 3.46. The van der Waals surface area contributed by atoms with E-state index < -0.39 is 0 Å². The zero-order valence-corrected chi connectivity index (χ0v) is 12.2. The first-order valence-corrected chi connectivity index (χ1v) is 7.50. The smallest absolute Gasteiger partial charge is 0.260 e. The average molecular weight is 276 g/mol. The van der Waals surface area contributed by atoms with Gasteiger partial charge in [-0.2, -0.15) is 0 Å². The van der Waals surface area contributed by atoms with Gasteiger partial charge in [-0.05, 0) is 43.5 Å². The molecular formula is C16H24N2O2. The summed E-state index contributed by atoms with van der Waals surface area (Å²) >= 11 is 0. The molecule has 0 unspecified atom stereocenters. The second kappa shape index (κ2) is 7.90. The molecular weight excluding hydrogens is 252 g/mol. The molecule has 0 spiro atoms. The molecule has 0 bridgehead atoms. The van der Waals surface area contributed by atoms with Crippen molar-refractivity contribution in [2.45, 2.75) is 32.7 Å². The van der Waals surface area contributed by atoms with E-state index in [9.17, 15) is 4.79 Å². The first kappa shape index (κ1) is 14.9. The Hall–Kier alpha value is -1.55. The maximum absolute atomic E-state index is 12.0. The fraction of sp³-hybridized carbons (Fsp3) is 0.562. The zero-order valence-electron chi connectivity index (χ0n) is 12.2. The fourth-order valence-electron chi connectivity index (χ4n) is 2.39. The van der Waals surface area contributed by atoms with Crippen LogP contribution in [0.15, 0.2) is 24.3 Å². The van der Waals surface area contributed by atoms with Gasteiger partial charge in [-0.25, -0.2) is 0 Å². The van der Waals surface area contributed by atoms with Gasteiger partial charge in [0.15, 0.2) is 6.61 Å². The SMILES string of the molecule is CCNCc1cccc(OCC(=O)N2CCCCC2)c1. The Kier molecular flexibility index (Phi) is 5.87. The van der Waals surface area contributed by atoms with E-state index in [1.807, 2.05) is 23.1 Å². The highest BCUT2D eigenvalue weighted by Crippen LogP contribution is 2.14. The summed E-state index contributed by atoms with van der Waals surface area (Å²) in [5.41, 5.74) is 1.18. The molecule has 110 valence electrons. The minimum Gasteiger partial charge on any atom is -0.484 e. The van der Waals surface area contributed by atoms with Gasteiger partial charge in [0, 0.05) is 19.6 Å². The maximum Gasteiger partial charge on any atom is 0.260 e. The molecule has 1 fully saturated rings. The molecule has 0 aliphatic carbocycles. The number of hydrogen-bond donors (Lipinski definition) is 1. The lowest BCUT2D eigenvalue weighted by atomic mass is 10.1. The summed E-state index contributed by atoms with van der Waals surface area (Å²) in [5, 5.41) is 3.28. The van der Waals surface area contributed by atoms with Gasteiger partial charge in [-0.3, -0.25) is 4.79 Å². The van der Waals surface area contributed by atoms with E-state index in [1.165, 1.54) is 12.0 Å². The van der Waals surface area contributed by atoms with Crippen LogP contribution in [0.2, 0.25) is 0 Å². The van der Waals surface area contributed by atoms with Crippen LogP contribution in [-0.4, -0.2) is 37.0 Å². The van der Waals surface area contributed by atoms with Crippen molar-refractivity contribution < 1.29 is 9.53 Å². The summed E-state index contributed by atoms with van der Waals surface area (Å²) in [6.45, 7) is 5.75. The molecule has 0 aromatic heterocycles. The molecule has 1 aromatic rings. The van der Waals surface area contributed by atoms with Gasteiger partial charge in [0.1, 0.15) is 5.75 Å². The van der Waals surface area contributed by atoms with Gasteiger partial charge in [0.2, 0.25) is 0 Å². The van der Waals surface area contributed by atoms with Crippen molar-refractivity contribution in [1.82, 2.24) is 10.2 Å². The summed E-state index contributed by atoms with van der Waals surface area (Å²) in [7, 11) is 0. The molecule has 1 aliphatic rings. The van der Waals surface area contributed by atoms with Crippen molar-refractivity contribution in [3.63, 3.8) is 0 Å². The summed E-state index contributed by atoms with van der Waals surface area (Å²) in [4.78, 5) is 13.9.